The van der Waals surface area contributed by atoms with Crippen molar-refractivity contribution in [3.63, 3.8) is 0 Å². The van der Waals surface area contributed by atoms with Crippen LogP contribution in [0.4, 0.5) is 5.69 Å². The van der Waals surface area contributed by atoms with Crippen LogP contribution in [-0.2, 0) is 0 Å². The van der Waals surface area contributed by atoms with Gasteiger partial charge in [0.1, 0.15) is 0 Å². The number of anilines is 1. The van der Waals surface area contributed by atoms with Crippen molar-refractivity contribution in [3.8, 4) is 0 Å². The lowest BCUT2D eigenvalue weighted by atomic mass is 10.4. The molecule has 0 aliphatic heterocycles. The van der Waals surface area contributed by atoms with Gasteiger partial charge in [0.05, 0.1) is 11.9 Å². The third kappa shape index (κ3) is 2.32. The van der Waals surface area contributed by atoms with Gasteiger partial charge in [-0.1, -0.05) is 0 Å². The predicted molar refractivity (Wildman–Crippen MR) is 46.7 cm³/mol. The summed E-state index contributed by atoms with van der Waals surface area (Å²) in [5, 5.41) is 0. The topological polar surface area (TPSA) is 38.9 Å². The Balaban J connectivity index is 0.000000640. The van der Waals surface area contributed by atoms with Crippen LogP contribution in [0, 0.1) is 0 Å². The summed E-state index contributed by atoms with van der Waals surface area (Å²) in [5.41, 5.74) is 6.08. The molecule has 0 saturated carbocycles. The minimum atomic E-state index is 0. The number of rotatable bonds is 0. The number of hydrogen-bond donors (Lipinski definition) is 1. The lowest BCUT2D eigenvalue weighted by Crippen LogP contribution is -1.85. The number of aromatic nitrogens is 1. The van der Waals surface area contributed by atoms with Crippen LogP contribution < -0.4 is 5.73 Å². The van der Waals surface area contributed by atoms with E-state index in [1.165, 1.54) is 0 Å². The first-order valence-electron chi connectivity index (χ1n) is 2.15. The highest BCUT2D eigenvalue weighted by Crippen LogP contribution is 2.14. The molecule has 9 heavy (non-hydrogen) atoms. The second-order valence-electron chi connectivity index (χ2n) is 1.40. The van der Waals surface area contributed by atoms with Crippen molar-refractivity contribution in [1.82, 2.24) is 4.98 Å². The largest absolute Gasteiger partial charge is 0.397 e. The van der Waals surface area contributed by atoms with E-state index in [0.717, 1.165) is 4.47 Å². The van der Waals surface area contributed by atoms with Crippen LogP contribution in [0.2, 0.25) is 0 Å². The van der Waals surface area contributed by atoms with E-state index < -0.39 is 0 Å². The standard InChI is InChI=1S/C5H5BrN2.BrH/c6-4-1-2-8-3-5(4)7;/h1-3H,7H2;1H. The first-order valence-corrected chi connectivity index (χ1v) is 2.95. The maximum Gasteiger partial charge on any atom is 0.0644 e. The minimum Gasteiger partial charge on any atom is -0.397 e. The summed E-state index contributed by atoms with van der Waals surface area (Å²) in [6.45, 7) is 0. The van der Waals surface area contributed by atoms with Gasteiger partial charge in [-0.25, -0.2) is 0 Å². The van der Waals surface area contributed by atoms with E-state index >= 15 is 0 Å². The third-order valence-corrected chi connectivity index (χ3v) is 1.52. The second-order valence-corrected chi connectivity index (χ2v) is 2.25. The van der Waals surface area contributed by atoms with Crippen molar-refractivity contribution in [3.05, 3.63) is 22.9 Å². The average Bonchev–Trinajstić information content (AvgIpc) is 1.77. The molecule has 4 heteroatoms. The van der Waals surface area contributed by atoms with Gasteiger partial charge >= 0.3 is 0 Å². The Morgan fingerprint density at radius 1 is 1.56 bits per heavy atom. The van der Waals surface area contributed by atoms with Gasteiger partial charge in [-0.3, -0.25) is 4.98 Å². The van der Waals surface area contributed by atoms with Crippen molar-refractivity contribution in [2.45, 2.75) is 0 Å². The molecular formula is C5H6Br2N2. The Hall–Kier alpha value is -0.0900. The minimum absolute atomic E-state index is 0. The van der Waals surface area contributed by atoms with E-state index in [1.807, 2.05) is 0 Å². The number of nitrogens with two attached hydrogens (primary N) is 1. The van der Waals surface area contributed by atoms with Gasteiger partial charge in [0.25, 0.3) is 0 Å². The fraction of sp³-hybridized carbons (Fsp3) is 0. The SMILES string of the molecule is Br.Nc1cnccc1Br. The van der Waals surface area contributed by atoms with Gasteiger partial charge < -0.3 is 5.73 Å². The van der Waals surface area contributed by atoms with Crippen LogP contribution in [0.1, 0.15) is 0 Å². The molecule has 0 bridgehead atoms. The lowest BCUT2D eigenvalue weighted by molar-refractivity contribution is 1.32. The maximum atomic E-state index is 5.41. The Labute approximate surface area is 72.4 Å². The Bertz CT molecular complexity index is 169. The molecule has 0 fully saturated rings. The molecule has 0 aromatic carbocycles. The molecule has 0 unspecified atom stereocenters. The van der Waals surface area contributed by atoms with Crippen LogP contribution in [0.5, 0.6) is 0 Å². The second kappa shape index (κ2) is 3.85. The highest BCUT2D eigenvalue weighted by Gasteiger charge is 1.87. The van der Waals surface area contributed by atoms with Gasteiger partial charge in [-0.2, -0.15) is 0 Å². The number of hydrogen-bond acceptors (Lipinski definition) is 2. The highest BCUT2D eigenvalue weighted by atomic mass is 79.9. The number of pyridine rings is 1. The molecule has 1 aromatic rings. The number of nitrogen functional groups attached to an aromatic ring is 1. The van der Waals surface area contributed by atoms with E-state index in [9.17, 15) is 0 Å². The van der Waals surface area contributed by atoms with E-state index in [1.54, 1.807) is 18.5 Å². The molecule has 50 valence electrons. The van der Waals surface area contributed by atoms with Crippen molar-refractivity contribution in [1.29, 1.82) is 0 Å². The molecule has 0 atom stereocenters. The molecular weight excluding hydrogens is 248 g/mol. The van der Waals surface area contributed by atoms with Crippen molar-refractivity contribution < 1.29 is 0 Å². The molecule has 0 aliphatic rings. The zero-order valence-corrected chi connectivity index (χ0v) is 7.84. The van der Waals surface area contributed by atoms with Gasteiger partial charge in [-0.05, 0) is 22.0 Å². The summed E-state index contributed by atoms with van der Waals surface area (Å²) < 4.78 is 0.896. The van der Waals surface area contributed by atoms with Crippen LogP contribution in [-0.4, -0.2) is 4.98 Å². The van der Waals surface area contributed by atoms with Gasteiger partial charge in [0, 0.05) is 10.7 Å². The van der Waals surface area contributed by atoms with Crippen LogP contribution in [0.25, 0.3) is 0 Å². The first kappa shape index (κ1) is 8.91. The fourth-order valence-corrected chi connectivity index (χ4v) is 0.610. The zero-order chi connectivity index (χ0) is 5.98. The average molecular weight is 254 g/mol. The van der Waals surface area contributed by atoms with Gasteiger partial charge in [-0.15, -0.1) is 17.0 Å². The molecule has 0 saturated heterocycles. The molecule has 0 aliphatic carbocycles. The molecule has 1 aromatic heterocycles. The van der Waals surface area contributed by atoms with Crippen molar-refractivity contribution in [2.75, 3.05) is 5.73 Å². The summed E-state index contributed by atoms with van der Waals surface area (Å²) in [6, 6.07) is 1.80. The Morgan fingerprint density at radius 3 is 2.56 bits per heavy atom. The zero-order valence-electron chi connectivity index (χ0n) is 4.54. The maximum absolute atomic E-state index is 5.41. The van der Waals surface area contributed by atoms with Crippen molar-refractivity contribution in [2.24, 2.45) is 0 Å². The lowest BCUT2D eigenvalue weighted by Gasteiger charge is -1.91. The van der Waals surface area contributed by atoms with Crippen LogP contribution >= 0.6 is 32.9 Å². The summed E-state index contributed by atoms with van der Waals surface area (Å²) in [4.78, 5) is 3.79. The highest BCUT2D eigenvalue weighted by molar-refractivity contribution is 9.10. The molecule has 0 spiro atoms. The molecule has 1 rings (SSSR count). The summed E-state index contributed by atoms with van der Waals surface area (Å²) in [7, 11) is 0. The van der Waals surface area contributed by atoms with E-state index in [2.05, 4.69) is 20.9 Å². The van der Waals surface area contributed by atoms with Gasteiger partial charge in [0.2, 0.25) is 0 Å². The van der Waals surface area contributed by atoms with E-state index in [4.69, 9.17) is 5.73 Å². The van der Waals surface area contributed by atoms with Crippen LogP contribution in [0.15, 0.2) is 22.9 Å². The molecule has 1 heterocycles. The molecule has 2 N–H and O–H groups in total. The summed E-state index contributed by atoms with van der Waals surface area (Å²) in [5.74, 6) is 0. The molecule has 0 amide bonds. The fourth-order valence-electron chi connectivity index (χ4n) is 0.390. The smallest absolute Gasteiger partial charge is 0.0644 e. The summed E-state index contributed by atoms with van der Waals surface area (Å²) in [6.07, 6.45) is 3.28. The quantitative estimate of drug-likeness (QED) is 0.768. The molecule has 0 radical (unpaired) electrons. The third-order valence-electron chi connectivity index (χ3n) is 0.796. The summed E-state index contributed by atoms with van der Waals surface area (Å²) >= 11 is 3.23. The number of nitrogens with zero attached hydrogens (tertiary/aromatic N) is 1. The van der Waals surface area contributed by atoms with Crippen LogP contribution in [0.3, 0.4) is 0 Å². The van der Waals surface area contributed by atoms with E-state index in [0.29, 0.717) is 5.69 Å². The molecule has 2 nitrogen and oxygen atoms in total. The van der Waals surface area contributed by atoms with Gasteiger partial charge in [0.15, 0.2) is 0 Å². The van der Waals surface area contributed by atoms with Crippen molar-refractivity contribution >= 4 is 38.6 Å². The normalized spacial score (nSPS) is 8.11. The monoisotopic (exact) mass is 252 g/mol. The first-order chi connectivity index (χ1) is 3.80. The Morgan fingerprint density at radius 2 is 2.22 bits per heavy atom. The predicted octanol–water partition coefficient (Wildman–Crippen LogP) is 2.00. The van der Waals surface area contributed by atoms with E-state index in [-0.39, 0.29) is 17.0 Å². The number of halogens is 2. The Kier molecular flexibility index (Phi) is 3.81.